The van der Waals surface area contributed by atoms with Gasteiger partial charge in [0.25, 0.3) is 5.91 Å². The molecule has 2 heterocycles. The quantitative estimate of drug-likeness (QED) is 0.349. The van der Waals surface area contributed by atoms with Crippen molar-refractivity contribution in [3.8, 4) is 0 Å². The Balaban J connectivity index is 0.00000228. The number of amides is 3. The Morgan fingerprint density at radius 2 is 1.81 bits per heavy atom. The van der Waals surface area contributed by atoms with E-state index < -0.39 is 23.4 Å². The lowest BCUT2D eigenvalue weighted by Gasteiger charge is -2.46. The average molecular weight is 545 g/mol. The molecule has 3 aliphatic rings. The zero-order valence-electron chi connectivity index (χ0n) is 21.0. The normalized spacial score (nSPS) is 28.1. The van der Waals surface area contributed by atoms with E-state index in [4.69, 9.17) is 17.2 Å². The number of carbonyl (C=O) groups is 3. The summed E-state index contributed by atoms with van der Waals surface area (Å²) < 4.78 is -0.0113. The molecule has 0 bridgehead atoms. The molecule has 1 aliphatic heterocycles. The summed E-state index contributed by atoms with van der Waals surface area (Å²) in [5.74, 6) is -0.0188. The van der Waals surface area contributed by atoms with E-state index >= 15 is 0 Å². The van der Waals surface area contributed by atoms with Gasteiger partial charge in [-0.25, -0.2) is 14.3 Å². The molecule has 2 saturated carbocycles. The minimum atomic E-state index is -0.900. The maximum absolute atomic E-state index is 14.5. The van der Waals surface area contributed by atoms with E-state index in [1.807, 2.05) is 13.0 Å². The largest absolute Gasteiger partial charge is 0.384 e. The van der Waals surface area contributed by atoms with Crippen LogP contribution in [-0.2, 0) is 20.9 Å². The Morgan fingerprint density at radius 1 is 1.11 bits per heavy atom. The maximum atomic E-state index is 14.5. The molecule has 1 saturated heterocycles. The van der Waals surface area contributed by atoms with Crippen LogP contribution in [-0.4, -0.2) is 51.9 Å². The minimum absolute atomic E-state index is 0. The highest BCUT2D eigenvalue weighted by Crippen LogP contribution is 2.59. The first-order chi connectivity index (χ1) is 16.2. The second-order valence-corrected chi connectivity index (χ2v) is 10.6. The first-order valence-electron chi connectivity index (χ1n) is 12.6. The third kappa shape index (κ3) is 5.64. The molecular formula is C25H41Cl2N6O3+. The monoisotopic (exact) mass is 543 g/mol. The second kappa shape index (κ2) is 12.1. The van der Waals surface area contributed by atoms with Gasteiger partial charge < -0.3 is 17.2 Å². The number of nitrogens with one attached hydrogen (secondary N) is 1. The van der Waals surface area contributed by atoms with Gasteiger partial charge in [-0.05, 0) is 44.2 Å². The van der Waals surface area contributed by atoms with Crippen LogP contribution in [0.4, 0.5) is 5.82 Å². The number of pyridine rings is 1. The number of piperidine rings is 1. The summed E-state index contributed by atoms with van der Waals surface area (Å²) in [6.07, 6.45) is 8.71. The van der Waals surface area contributed by atoms with Gasteiger partial charge in [0.15, 0.2) is 5.54 Å². The molecule has 11 heteroatoms. The van der Waals surface area contributed by atoms with E-state index in [2.05, 4.69) is 10.3 Å². The van der Waals surface area contributed by atoms with Crippen LogP contribution in [0.15, 0.2) is 12.1 Å². The fraction of sp³-hybridized carbons (Fsp3) is 0.680. The van der Waals surface area contributed by atoms with Crippen molar-refractivity contribution in [2.45, 2.75) is 82.8 Å². The van der Waals surface area contributed by atoms with Crippen LogP contribution in [0.25, 0.3) is 0 Å². The number of nitrogen functional groups attached to an aromatic ring is 1. The molecule has 1 aromatic heterocycles. The molecule has 4 rings (SSSR count). The molecule has 7 N–H and O–H groups in total. The summed E-state index contributed by atoms with van der Waals surface area (Å²) >= 11 is 0. The van der Waals surface area contributed by atoms with Gasteiger partial charge in [0, 0.05) is 23.6 Å². The lowest BCUT2D eigenvalue weighted by atomic mass is 9.83. The van der Waals surface area contributed by atoms with Crippen LogP contribution in [0, 0.1) is 18.8 Å². The SMILES string of the molecule is Cc1nc(N)ccc1C[N+]1(C(=O)[C@@H](CC2CCCCC2)NCC(N)=O)CCC[C@@H]2C[C@@]21C(N)=O.Cl.Cl. The number of fused-ring (bicyclic) bond motifs is 1. The molecule has 202 valence electrons. The van der Waals surface area contributed by atoms with Crippen molar-refractivity contribution in [2.75, 3.05) is 18.8 Å². The summed E-state index contributed by atoms with van der Waals surface area (Å²) in [7, 11) is 0. The number of aromatic nitrogens is 1. The molecular weight excluding hydrogens is 503 g/mol. The van der Waals surface area contributed by atoms with Crippen molar-refractivity contribution in [3.63, 3.8) is 0 Å². The fourth-order valence-electron chi connectivity index (χ4n) is 6.72. The molecule has 4 atom stereocenters. The number of hydrogen-bond donors (Lipinski definition) is 4. The van der Waals surface area contributed by atoms with Crippen molar-refractivity contribution in [1.82, 2.24) is 10.3 Å². The molecule has 1 aromatic rings. The van der Waals surface area contributed by atoms with Crippen LogP contribution in [0.5, 0.6) is 0 Å². The third-order valence-electron chi connectivity index (χ3n) is 8.55. The maximum Gasteiger partial charge on any atom is 0.331 e. The predicted molar refractivity (Wildman–Crippen MR) is 143 cm³/mol. The van der Waals surface area contributed by atoms with Crippen molar-refractivity contribution in [3.05, 3.63) is 23.4 Å². The van der Waals surface area contributed by atoms with Crippen LogP contribution in [0.1, 0.15) is 69.0 Å². The van der Waals surface area contributed by atoms with Gasteiger partial charge in [0.1, 0.15) is 18.4 Å². The Morgan fingerprint density at radius 3 is 2.42 bits per heavy atom. The summed E-state index contributed by atoms with van der Waals surface area (Å²) in [4.78, 5) is 43.5. The number of anilines is 1. The zero-order valence-corrected chi connectivity index (χ0v) is 22.7. The number of likely N-dealkylation sites (tertiary alicyclic amines) is 1. The van der Waals surface area contributed by atoms with Crippen molar-refractivity contribution >= 4 is 48.4 Å². The van der Waals surface area contributed by atoms with E-state index in [9.17, 15) is 14.4 Å². The lowest BCUT2D eigenvalue weighted by Crippen LogP contribution is -2.71. The molecule has 3 amide bonds. The highest BCUT2D eigenvalue weighted by atomic mass is 35.5. The smallest absolute Gasteiger partial charge is 0.331 e. The number of hydrogen-bond acceptors (Lipinski definition) is 6. The second-order valence-electron chi connectivity index (χ2n) is 10.6. The van der Waals surface area contributed by atoms with Gasteiger partial charge >= 0.3 is 5.91 Å². The number of nitrogens with two attached hydrogens (primary N) is 3. The van der Waals surface area contributed by atoms with E-state index in [1.165, 1.54) is 6.42 Å². The van der Waals surface area contributed by atoms with Gasteiger partial charge in [0.2, 0.25) is 5.91 Å². The van der Waals surface area contributed by atoms with Gasteiger partial charge in [-0.1, -0.05) is 32.1 Å². The zero-order chi connectivity index (χ0) is 24.5. The van der Waals surface area contributed by atoms with Crippen LogP contribution in [0.2, 0.25) is 0 Å². The fourth-order valence-corrected chi connectivity index (χ4v) is 6.72. The molecule has 9 nitrogen and oxygen atoms in total. The van der Waals surface area contributed by atoms with E-state index in [1.54, 1.807) is 6.07 Å². The summed E-state index contributed by atoms with van der Waals surface area (Å²) in [5.41, 5.74) is 18.1. The average Bonchev–Trinajstić information content (AvgIpc) is 3.56. The highest BCUT2D eigenvalue weighted by Gasteiger charge is 2.76. The summed E-state index contributed by atoms with van der Waals surface area (Å²) in [6.45, 7) is 2.69. The summed E-state index contributed by atoms with van der Waals surface area (Å²) in [5, 5.41) is 3.17. The molecule has 2 aliphatic carbocycles. The van der Waals surface area contributed by atoms with Crippen molar-refractivity contribution in [1.29, 1.82) is 0 Å². The first kappa shape index (κ1) is 30.3. The molecule has 0 aromatic carbocycles. The predicted octanol–water partition coefficient (Wildman–Crippen LogP) is 2.11. The van der Waals surface area contributed by atoms with Gasteiger partial charge in [0.05, 0.1) is 13.1 Å². The van der Waals surface area contributed by atoms with Gasteiger partial charge in [-0.2, -0.15) is 0 Å². The van der Waals surface area contributed by atoms with E-state index in [-0.39, 0.29) is 47.7 Å². The Bertz CT molecular complexity index is 973. The number of nitrogens with zero attached hydrogens (tertiary/aromatic N) is 2. The molecule has 0 radical (unpaired) electrons. The Hall–Kier alpha value is -1.94. The minimum Gasteiger partial charge on any atom is -0.384 e. The van der Waals surface area contributed by atoms with Gasteiger partial charge in [-0.15, -0.1) is 24.8 Å². The summed E-state index contributed by atoms with van der Waals surface area (Å²) in [6, 6.07) is 3.08. The van der Waals surface area contributed by atoms with Crippen LogP contribution < -0.4 is 22.5 Å². The number of halogens is 2. The third-order valence-corrected chi connectivity index (χ3v) is 8.55. The molecule has 3 fully saturated rings. The van der Waals surface area contributed by atoms with Crippen molar-refractivity contribution < 1.29 is 18.9 Å². The Kier molecular flexibility index (Phi) is 10.2. The standard InChI is InChI=1S/C25H38N6O3.2ClH/c1-16-18(9-10-21(26)30-16)15-31(11-5-8-19-13-25(19,31)24(28)34)23(33)20(29-14-22(27)32)12-17-6-3-2-4-7-17;;/h9-10,17,19-20,29H,2-8,11-15H2,1H3,(H5-,26,27,28,30,32,34);2*1H/p+1/t19-,20-,25+,31?;;/m1../s1. The highest BCUT2D eigenvalue weighted by molar-refractivity contribution is 5.91. The topological polar surface area (TPSA) is 154 Å². The number of rotatable bonds is 9. The van der Waals surface area contributed by atoms with E-state index in [0.717, 1.165) is 49.8 Å². The molecule has 1 unspecified atom stereocenters. The van der Waals surface area contributed by atoms with Gasteiger partial charge in [-0.3, -0.25) is 14.9 Å². The molecule has 36 heavy (non-hydrogen) atoms. The van der Waals surface area contributed by atoms with Crippen LogP contribution >= 0.6 is 24.8 Å². The first-order valence-corrected chi connectivity index (χ1v) is 12.6. The number of primary amides is 2. The van der Waals surface area contributed by atoms with Crippen LogP contribution in [0.3, 0.4) is 0 Å². The lowest BCUT2D eigenvalue weighted by molar-refractivity contribution is -0.900. The number of quaternary nitrogens is 1. The number of aryl methyl sites for hydroxylation is 1. The molecule has 0 spiro atoms. The van der Waals surface area contributed by atoms with Crippen molar-refractivity contribution in [2.24, 2.45) is 23.3 Å². The van der Waals surface area contributed by atoms with E-state index in [0.29, 0.717) is 37.7 Å². The Labute approximate surface area is 225 Å². The number of carbonyl (C=O) groups excluding carboxylic acids is 3.